The third-order valence-corrected chi connectivity index (χ3v) is 3.99. The van der Waals surface area contributed by atoms with E-state index in [1.165, 1.54) is 0 Å². The normalized spacial score (nSPS) is 10.5. The molecule has 1 aromatic heterocycles. The standard InChI is InChI=1S/C21H15N3O3/c25-18-9-5-4-8-17(18)21-24-23-20(27-21)15-10-12-16(13-11-15)22-19(26)14-6-2-1-3-7-14/h1-13,25H,(H,22,26). The minimum Gasteiger partial charge on any atom is -0.507 e. The zero-order valence-electron chi connectivity index (χ0n) is 14.2. The first-order valence-electron chi connectivity index (χ1n) is 8.29. The van der Waals surface area contributed by atoms with Gasteiger partial charge in [-0.2, -0.15) is 0 Å². The van der Waals surface area contributed by atoms with Gasteiger partial charge in [0.2, 0.25) is 5.89 Å². The van der Waals surface area contributed by atoms with E-state index in [1.807, 2.05) is 18.2 Å². The van der Waals surface area contributed by atoms with Crippen molar-refractivity contribution in [2.75, 3.05) is 5.32 Å². The summed E-state index contributed by atoms with van der Waals surface area (Å²) in [5, 5.41) is 20.7. The summed E-state index contributed by atoms with van der Waals surface area (Å²) in [4.78, 5) is 12.2. The molecule has 0 aliphatic carbocycles. The zero-order chi connectivity index (χ0) is 18.6. The maximum Gasteiger partial charge on any atom is 0.255 e. The van der Waals surface area contributed by atoms with Gasteiger partial charge < -0.3 is 14.8 Å². The Labute approximate surface area is 155 Å². The Morgan fingerprint density at radius 3 is 2.22 bits per heavy atom. The van der Waals surface area contributed by atoms with Gasteiger partial charge in [0.25, 0.3) is 11.8 Å². The van der Waals surface area contributed by atoms with Crippen molar-refractivity contribution in [2.24, 2.45) is 0 Å². The van der Waals surface area contributed by atoms with E-state index in [1.54, 1.807) is 60.7 Å². The molecule has 0 bridgehead atoms. The van der Waals surface area contributed by atoms with Crippen LogP contribution in [-0.2, 0) is 0 Å². The van der Waals surface area contributed by atoms with Gasteiger partial charge in [-0.05, 0) is 48.5 Å². The summed E-state index contributed by atoms with van der Waals surface area (Å²) >= 11 is 0. The number of carbonyl (C=O) groups is 1. The Bertz CT molecular complexity index is 1070. The number of hydrogen-bond donors (Lipinski definition) is 2. The van der Waals surface area contributed by atoms with Gasteiger partial charge in [0.05, 0.1) is 5.56 Å². The maximum atomic E-state index is 12.2. The van der Waals surface area contributed by atoms with Crippen LogP contribution in [0, 0.1) is 0 Å². The van der Waals surface area contributed by atoms with E-state index < -0.39 is 0 Å². The molecule has 2 N–H and O–H groups in total. The molecule has 0 aliphatic heterocycles. The Hall–Kier alpha value is -3.93. The average molecular weight is 357 g/mol. The number of aromatic nitrogens is 2. The molecule has 6 nitrogen and oxygen atoms in total. The Morgan fingerprint density at radius 2 is 1.48 bits per heavy atom. The Morgan fingerprint density at radius 1 is 0.815 bits per heavy atom. The minimum atomic E-state index is -0.178. The molecule has 0 saturated carbocycles. The molecule has 0 aliphatic rings. The van der Waals surface area contributed by atoms with Crippen molar-refractivity contribution in [1.82, 2.24) is 10.2 Å². The van der Waals surface area contributed by atoms with Gasteiger partial charge >= 0.3 is 0 Å². The highest BCUT2D eigenvalue weighted by molar-refractivity contribution is 6.04. The molecule has 0 radical (unpaired) electrons. The highest BCUT2D eigenvalue weighted by Crippen LogP contribution is 2.30. The van der Waals surface area contributed by atoms with E-state index in [0.29, 0.717) is 28.3 Å². The molecular weight excluding hydrogens is 342 g/mol. The third kappa shape index (κ3) is 3.55. The summed E-state index contributed by atoms with van der Waals surface area (Å²) in [5.41, 5.74) is 2.43. The number of nitrogens with zero attached hydrogens (tertiary/aromatic N) is 2. The van der Waals surface area contributed by atoms with E-state index in [2.05, 4.69) is 15.5 Å². The topological polar surface area (TPSA) is 88.2 Å². The number of benzene rings is 3. The monoisotopic (exact) mass is 357 g/mol. The molecule has 1 amide bonds. The number of amides is 1. The summed E-state index contributed by atoms with van der Waals surface area (Å²) in [6.45, 7) is 0. The second kappa shape index (κ2) is 7.13. The van der Waals surface area contributed by atoms with Crippen LogP contribution in [0.25, 0.3) is 22.9 Å². The fraction of sp³-hybridized carbons (Fsp3) is 0. The van der Waals surface area contributed by atoms with E-state index in [4.69, 9.17) is 4.42 Å². The lowest BCUT2D eigenvalue weighted by Gasteiger charge is -2.05. The van der Waals surface area contributed by atoms with Gasteiger partial charge in [-0.1, -0.05) is 30.3 Å². The van der Waals surface area contributed by atoms with Crippen LogP contribution in [-0.4, -0.2) is 21.2 Å². The molecule has 0 atom stereocenters. The van der Waals surface area contributed by atoms with Gasteiger partial charge in [0.1, 0.15) is 5.75 Å². The van der Waals surface area contributed by atoms with Crippen molar-refractivity contribution in [2.45, 2.75) is 0 Å². The van der Waals surface area contributed by atoms with E-state index in [-0.39, 0.29) is 17.5 Å². The molecular formula is C21H15N3O3. The first-order valence-corrected chi connectivity index (χ1v) is 8.29. The van der Waals surface area contributed by atoms with Gasteiger partial charge in [0, 0.05) is 16.8 Å². The van der Waals surface area contributed by atoms with Crippen LogP contribution in [0.3, 0.4) is 0 Å². The van der Waals surface area contributed by atoms with Crippen LogP contribution in [0.5, 0.6) is 5.75 Å². The molecule has 27 heavy (non-hydrogen) atoms. The van der Waals surface area contributed by atoms with Crippen molar-refractivity contribution in [1.29, 1.82) is 0 Å². The molecule has 0 spiro atoms. The van der Waals surface area contributed by atoms with Crippen molar-refractivity contribution in [3.63, 3.8) is 0 Å². The quantitative estimate of drug-likeness (QED) is 0.566. The number of rotatable bonds is 4. The van der Waals surface area contributed by atoms with Crippen molar-refractivity contribution >= 4 is 11.6 Å². The van der Waals surface area contributed by atoms with Crippen LogP contribution in [0.15, 0.2) is 83.3 Å². The van der Waals surface area contributed by atoms with Crippen molar-refractivity contribution in [3.05, 3.63) is 84.4 Å². The number of aromatic hydroxyl groups is 1. The summed E-state index contributed by atoms with van der Waals surface area (Å²) in [6, 6.07) is 22.8. The lowest BCUT2D eigenvalue weighted by molar-refractivity contribution is 0.102. The predicted molar refractivity (Wildman–Crippen MR) is 101 cm³/mol. The molecule has 4 rings (SSSR count). The highest BCUT2D eigenvalue weighted by Gasteiger charge is 2.13. The van der Waals surface area contributed by atoms with Gasteiger partial charge in [-0.25, -0.2) is 0 Å². The second-order valence-corrected chi connectivity index (χ2v) is 5.83. The van der Waals surface area contributed by atoms with Crippen molar-refractivity contribution < 1.29 is 14.3 Å². The molecule has 3 aromatic carbocycles. The van der Waals surface area contributed by atoms with E-state index in [0.717, 1.165) is 0 Å². The summed E-state index contributed by atoms with van der Waals surface area (Å²) < 4.78 is 5.66. The zero-order valence-corrected chi connectivity index (χ0v) is 14.2. The lowest BCUT2D eigenvalue weighted by Crippen LogP contribution is -2.11. The molecule has 0 saturated heterocycles. The van der Waals surface area contributed by atoms with E-state index in [9.17, 15) is 9.90 Å². The van der Waals surface area contributed by atoms with Crippen LogP contribution < -0.4 is 5.32 Å². The van der Waals surface area contributed by atoms with Crippen LogP contribution in [0.4, 0.5) is 5.69 Å². The first-order chi connectivity index (χ1) is 13.2. The first kappa shape index (κ1) is 16.5. The number of phenolic OH excluding ortho intramolecular Hbond substituents is 1. The van der Waals surface area contributed by atoms with Gasteiger partial charge in [-0.15, -0.1) is 10.2 Å². The van der Waals surface area contributed by atoms with Crippen LogP contribution in [0.2, 0.25) is 0 Å². The van der Waals surface area contributed by atoms with Gasteiger partial charge in [-0.3, -0.25) is 4.79 Å². The number of hydrogen-bond acceptors (Lipinski definition) is 5. The fourth-order valence-electron chi connectivity index (χ4n) is 2.59. The number of anilines is 1. The number of para-hydroxylation sites is 1. The lowest BCUT2D eigenvalue weighted by atomic mass is 10.2. The van der Waals surface area contributed by atoms with E-state index >= 15 is 0 Å². The van der Waals surface area contributed by atoms with Crippen molar-refractivity contribution in [3.8, 4) is 28.7 Å². The molecule has 0 fully saturated rings. The summed E-state index contributed by atoms with van der Waals surface area (Å²) in [5.74, 6) is 0.466. The summed E-state index contributed by atoms with van der Waals surface area (Å²) in [6.07, 6.45) is 0. The Kier molecular flexibility index (Phi) is 4.37. The predicted octanol–water partition coefficient (Wildman–Crippen LogP) is 4.36. The van der Waals surface area contributed by atoms with Gasteiger partial charge in [0.15, 0.2) is 0 Å². The molecule has 132 valence electrons. The second-order valence-electron chi connectivity index (χ2n) is 5.83. The molecule has 0 unspecified atom stereocenters. The summed E-state index contributed by atoms with van der Waals surface area (Å²) in [7, 11) is 0. The SMILES string of the molecule is O=C(Nc1ccc(-c2nnc(-c3ccccc3O)o2)cc1)c1ccccc1. The fourth-order valence-corrected chi connectivity index (χ4v) is 2.59. The van der Waals surface area contributed by atoms with Crippen LogP contribution >= 0.6 is 0 Å². The third-order valence-electron chi connectivity index (χ3n) is 3.99. The minimum absolute atomic E-state index is 0.0756. The molecule has 1 heterocycles. The highest BCUT2D eigenvalue weighted by atomic mass is 16.4. The Balaban J connectivity index is 1.51. The van der Waals surface area contributed by atoms with Crippen LogP contribution in [0.1, 0.15) is 10.4 Å². The largest absolute Gasteiger partial charge is 0.507 e. The number of phenols is 1. The smallest absolute Gasteiger partial charge is 0.255 e. The number of nitrogens with one attached hydrogen (secondary N) is 1. The maximum absolute atomic E-state index is 12.2. The molecule has 6 heteroatoms. The molecule has 4 aromatic rings. The number of carbonyl (C=O) groups excluding carboxylic acids is 1. The average Bonchev–Trinajstić information content (AvgIpc) is 3.19.